The van der Waals surface area contributed by atoms with Gasteiger partial charge >= 0.3 is 6.03 Å². The highest BCUT2D eigenvalue weighted by molar-refractivity contribution is 6.07. The van der Waals surface area contributed by atoms with E-state index in [1.165, 1.54) is 17.7 Å². The minimum atomic E-state index is -1.12. The number of carbonyl (C=O) groups is 3. The van der Waals surface area contributed by atoms with Gasteiger partial charge in [-0.1, -0.05) is 73.5 Å². The van der Waals surface area contributed by atoms with Crippen molar-refractivity contribution in [2.24, 2.45) is 5.92 Å². The number of nitrogens with one attached hydrogen (secondary N) is 1. The highest BCUT2D eigenvalue weighted by atomic mass is 16.2. The fraction of sp³-hybridized carbons (Fsp3) is 0.483. The van der Waals surface area contributed by atoms with E-state index >= 15 is 0 Å². The highest BCUT2D eigenvalue weighted by Gasteiger charge is 2.52. The van der Waals surface area contributed by atoms with Crippen molar-refractivity contribution >= 4 is 17.8 Å². The van der Waals surface area contributed by atoms with E-state index < -0.39 is 5.54 Å². The van der Waals surface area contributed by atoms with Crippen LogP contribution in [0.5, 0.6) is 0 Å². The van der Waals surface area contributed by atoms with Crippen LogP contribution < -0.4 is 5.32 Å². The van der Waals surface area contributed by atoms with Gasteiger partial charge in [-0.05, 0) is 36.8 Å². The van der Waals surface area contributed by atoms with Gasteiger partial charge in [-0.15, -0.1) is 0 Å². The molecule has 5 rings (SSSR count). The maximum absolute atomic E-state index is 13.9. The van der Waals surface area contributed by atoms with Crippen molar-refractivity contribution in [3.8, 4) is 0 Å². The third-order valence-corrected chi connectivity index (χ3v) is 7.95. The zero-order valence-corrected chi connectivity index (χ0v) is 20.9. The summed E-state index contributed by atoms with van der Waals surface area (Å²) in [5.74, 6) is 0.117. The molecule has 2 aromatic carbocycles. The monoisotopic (exact) mass is 488 g/mol. The summed E-state index contributed by atoms with van der Waals surface area (Å²) in [6.07, 6.45) is 6.56. The van der Waals surface area contributed by atoms with Crippen LogP contribution in [0, 0.1) is 5.92 Å². The summed E-state index contributed by atoms with van der Waals surface area (Å²) in [4.78, 5) is 45.6. The Morgan fingerprint density at radius 1 is 0.833 bits per heavy atom. The first-order valence-electron chi connectivity index (χ1n) is 13.3. The van der Waals surface area contributed by atoms with Crippen LogP contribution in [0.2, 0.25) is 0 Å². The first kappa shape index (κ1) is 24.5. The van der Waals surface area contributed by atoms with Crippen molar-refractivity contribution in [3.05, 3.63) is 71.8 Å². The molecule has 1 atom stereocenters. The quantitative estimate of drug-likeness (QED) is 0.629. The summed E-state index contributed by atoms with van der Waals surface area (Å²) in [6, 6.07) is 19.0. The van der Waals surface area contributed by atoms with Crippen LogP contribution in [0.15, 0.2) is 60.7 Å². The normalized spacial score (nSPS) is 24.0. The van der Waals surface area contributed by atoms with Crippen molar-refractivity contribution in [3.63, 3.8) is 0 Å². The second-order valence-electron chi connectivity index (χ2n) is 10.4. The Bertz CT molecular complexity index is 1060. The number of carbonyl (C=O) groups excluding carboxylic acids is 3. The van der Waals surface area contributed by atoms with Crippen LogP contribution in [0.3, 0.4) is 0 Å². The molecule has 0 radical (unpaired) electrons. The lowest BCUT2D eigenvalue weighted by atomic mass is 9.83. The molecule has 0 unspecified atom stereocenters. The molecule has 2 aromatic rings. The number of rotatable bonds is 6. The number of hydrogen-bond donors (Lipinski definition) is 1. The van der Waals surface area contributed by atoms with Gasteiger partial charge in [0.1, 0.15) is 0 Å². The van der Waals surface area contributed by atoms with E-state index in [0.717, 1.165) is 49.9 Å². The summed E-state index contributed by atoms with van der Waals surface area (Å²) >= 11 is 0. The standard InChI is InChI=1S/C29H36N4O3/c34-26(32-17-9-1-2-10-18-32)24-15-19-31(20-16-24)22-33-27(35)29(30-28(33)36,25-13-7-4-8-14-25)21-23-11-5-3-6-12-23/h3-8,11-14,24H,1-2,9-10,15-22H2,(H,30,36)/t29-/m0/s1. The number of imide groups is 1. The van der Waals surface area contributed by atoms with Gasteiger partial charge in [0.05, 0.1) is 6.67 Å². The van der Waals surface area contributed by atoms with E-state index in [2.05, 4.69) is 15.1 Å². The van der Waals surface area contributed by atoms with Gasteiger partial charge in [-0.3, -0.25) is 14.5 Å². The Labute approximate surface area is 213 Å². The largest absolute Gasteiger partial charge is 0.342 e. The van der Waals surface area contributed by atoms with E-state index in [4.69, 9.17) is 0 Å². The summed E-state index contributed by atoms with van der Waals surface area (Å²) in [5, 5.41) is 3.05. The fourth-order valence-corrected chi connectivity index (χ4v) is 5.87. The molecule has 0 aliphatic carbocycles. The van der Waals surface area contributed by atoms with E-state index in [1.54, 1.807) is 0 Å². The Balaban J connectivity index is 1.26. The minimum absolute atomic E-state index is 0.0453. The van der Waals surface area contributed by atoms with E-state index in [-0.39, 0.29) is 30.4 Å². The lowest BCUT2D eigenvalue weighted by molar-refractivity contribution is -0.138. The predicted octanol–water partition coefficient (Wildman–Crippen LogP) is 3.75. The smallest absolute Gasteiger partial charge is 0.326 e. The van der Waals surface area contributed by atoms with Crippen molar-refractivity contribution in [2.45, 2.75) is 50.5 Å². The Kier molecular flexibility index (Phi) is 7.37. The van der Waals surface area contributed by atoms with Crippen molar-refractivity contribution in [1.82, 2.24) is 20.0 Å². The lowest BCUT2D eigenvalue weighted by Gasteiger charge is -2.35. The molecule has 0 saturated carbocycles. The van der Waals surface area contributed by atoms with Gasteiger partial charge in [0.2, 0.25) is 5.91 Å². The molecule has 3 aliphatic rings. The van der Waals surface area contributed by atoms with Crippen LogP contribution in [0.25, 0.3) is 0 Å². The summed E-state index contributed by atoms with van der Waals surface area (Å²) in [7, 11) is 0. The van der Waals surface area contributed by atoms with Crippen LogP contribution in [-0.2, 0) is 21.5 Å². The third-order valence-electron chi connectivity index (χ3n) is 7.95. The van der Waals surface area contributed by atoms with E-state index in [9.17, 15) is 14.4 Å². The third kappa shape index (κ3) is 5.03. The number of amides is 4. The van der Waals surface area contributed by atoms with Crippen molar-refractivity contribution < 1.29 is 14.4 Å². The molecule has 3 heterocycles. The molecule has 3 saturated heterocycles. The molecule has 7 nitrogen and oxygen atoms in total. The Hall–Kier alpha value is -3.19. The van der Waals surface area contributed by atoms with E-state index in [1.807, 2.05) is 60.7 Å². The zero-order chi connectivity index (χ0) is 25.0. The molecular formula is C29H36N4O3. The molecule has 0 spiro atoms. The number of urea groups is 1. The topological polar surface area (TPSA) is 73.0 Å². The number of hydrogen-bond acceptors (Lipinski definition) is 4. The van der Waals surface area contributed by atoms with Crippen LogP contribution in [0.1, 0.15) is 49.7 Å². The van der Waals surface area contributed by atoms with Crippen molar-refractivity contribution in [1.29, 1.82) is 0 Å². The first-order valence-corrected chi connectivity index (χ1v) is 13.3. The molecule has 4 amide bonds. The molecule has 3 aliphatic heterocycles. The number of likely N-dealkylation sites (tertiary alicyclic amines) is 2. The molecule has 1 N–H and O–H groups in total. The molecule has 0 aromatic heterocycles. The van der Waals surface area contributed by atoms with Gasteiger partial charge < -0.3 is 10.2 Å². The second kappa shape index (κ2) is 10.8. The number of nitrogens with zero attached hydrogens (tertiary/aromatic N) is 3. The van der Waals surface area contributed by atoms with E-state index in [0.29, 0.717) is 19.5 Å². The number of benzene rings is 2. The number of piperidine rings is 1. The average molecular weight is 489 g/mol. The maximum Gasteiger partial charge on any atom is 0.326 e. The zero-order valence-electron chi connectivity index (χ0n) is 20.9. The summed E-state index contributed by atoms with van der Waals surface area (Å²) < 4.78 is 0. The Morgan fingerprint density at radius 2 is 1.44 bits per heavy atom. The van der Waals surface area contributed by atoms with Crippen LogP contribution in [-0.4, -0.2) is 65.4 Å². The molecule has 36 heavy (non-hydrogen) atoms. The Morgan fingerprint density at radius 3 is 2.08 bits per heavy atom. The van der Waals surface area contributed by atoms with Crippen LogP contribution in [0.4, 0.5) is 4.79 Å². The second-order valence-corrected chi connectivity index (χ2v) is 10.4. The van der Waals surface area contributed by atoms with Gasteiger partial charge in [-0.2, -0.15) is 0 Å². The SMILES string of the molecule is O=C(C1CCN(CN2C(=O)N[C@@](Cc3ccccc3)(c3ccccc3)C2=O)CC1)N1CCCCCC1. The highest BCUT2D eigenvalue weighted by Crippen LogP contribution is 2.33. The molecule has 7 heteroatoms. The van der Waals surface area contributed by atoms with Gasteiger partial charge in [0.15, 0.2) is 5.54 Å². The summed E-state index contributed by atoms with van der Waals surface area (Å²) in [6.45, 7) is 3.42. The maximum atomic E-state index is 13.9. The fourth-order valence-electron chi connectivity index (χ4n) is 5.87. The molecule has 3 fully saturated rings. The first-order chi connectivity index (χ1) is 17.6. The average Bonchev–Trinajstić information content (AvgIpc) is 3.10. The van der Waals surface area contributed by atoms with Crippen LogP contribution >= 0.6 is 0 Å². The predicted molar refractivity (Wildman–Crippen MR) is 138 cm³/mol. The van der Waals surface area contributed by atoms with Gasteiger partial charge in [-0.25, -0.2) is 9.69 Å². The van der Waals surface area contributed by atoms with Gasteiger partial charge in [0, 0.05) is 38.5 Å². The van der Waals surface area contributed by atoms with Gasteiger partial charge in [0.25, 0.3) is 5.91 Å². The minimum Gasteiger partial charge on any atom is -0.342 e. The molecule has 190 valence electrons. The molecular weight excluding hydrogens is 452 g/mol. The molecule has 0 bridgehead atoms. The lowest BCUT2D eigenvalue weighted by Crippen LogP contribution is -2.49. The summed E-state index contributed by atoms with van der Waals surface area (Å²) in [5.41, 5.74) is 0.655. The van der Waals surface area contributed by atoms with Crippen molar-refractivity contribution in [2.75, 3.05) is 32.8 Å².